The van der Waals surface area contributed by atoms with E-state index in [-0.39, 0.29) is 11.2 Å². The maximum Gasteiger partial charge on any atom is 0.179 e. The number of nitrogens with zero attached hydrogens (tertiary/aromatic N) is 3. The second-order valence-corrected chi connectivity index (χ2v) is 6.45. The third-order valence-corrected chi connectivity index (χ3v) is 5.23. The van der Waals surface area contributed by atoms with E-state index in [9.17, 15) is 4.39 Å². The molecule has 0 amide bonds. The van der Waals surface area contributed by atoms with Gasteiger partial charge in [-0.15, -0.1) is 0 Å². The van der Waals surface area contributed by atoms with Crippen LogP contribution in [-0.4, -0.2) is 24.5 Å². The number of fused-ring (bicyclic) bond motifs is 2. The first-order chi connectivity index (χ1) is 11.2. The lowest BCUT2D eigenvalue weighted by Gasteiger charge is -2.37. The maximum absolute atomic E-state index is 13.2. The summed E-state index contributed by atoms with van der Waals surface area (Å²) in [6.07, 6.45) is 4.22. The van der Waals surface area contributed by atoms with Crippen LogP contribution < -0.4 is 4.90 Å². The van der Waals surface area contributed by atoms with E-state index < -0.39 is 0 Å². The Morgan fingerprint density at radius 1 is 1.00 bits per heavy atom. The Morgan fingerprint density at radius 3 is 2.39 bits per heavy atom. The van der Waals surface area contributed by atoms with Crippen LogP contribution in [0.2, 0.25) is 0 Å². The van der Waals surface area contributed by atoms with Crippen molar-refractivity contribution in [1.82, 2.24) is 4.90 Å². The topological polar surface area (TPSA) is 30.3 Å². The van der Waals surface area contributed by atoms with E-state index in [1.807, 2.05) is 17.0 Å². The van der Waals surface area contributed by atoms with Crippen LogP contribution in [0.5, 0.6) is 0 Å². The predicted molar refractivity (Wildman–Crippen MR) is 87.9 cm³/mol. The molecule has 1 fully saturated rings. The van der Waals surface area contributed by atoms with Crippen molar-refractivity contribution in [3.63, 3.8) is 0 Å². The molecular weight excluding hydrogens is 289 g/mol. The molecule has 0 saturated carbocycles. The molecule has 116 valence electrons. The van der Waals surface area contributed by atoms with Crippen molar-refractivity contribution in [1.29, 1.82) is 5.26 Å². The van der Waals surface area contributed by atoms with Gasteiger partial charge < -0.3 is 9.80 Å². The van der Waals surface area contributed by atoms with Crippen molar-refractivity contribution in [3.8, 4) is 6.19 Å². The van der Waals surface area contributed by atoms with Crippen molar-refractivity contribution in [2.45, 2.75) is 18.3 Å². The molecule has 2 aliphatic rings. The first kappa shape index (κ1) is 14.1. The summed E-state index contributed by atoms with van der Waals surface area (Å²) in [5.74, 6) is -0.210. The summed E-state index contributed by atoms with van der Waals surface area (Å²) in [5, 5.41) is 9.10. The molecule has 23 heavy (non-hydrogen) atoms. The Bertz CT molecular complexity index is 755. The third-order valence-electron chi connectivity index (χ3n) is 5.23. The number of anilines is 2. The quantitative estimate of drug-likeness (QED) is 0.751. The molecule has 0 N–H and O–H groups in total. The minimum atomic E-state index is -0.210. The minimum absolute atomic E-state index is 0.0956. The number of nitriles is 1. The van der Waals surface area contributed by atoms with Gasteiger partial charge in [-0.3, -0.25) is 0 Å². The molecule has 2 aromatic rings. The second kappa shape index (κ2) is 5.27. The monoisotopic (exact) mass is 307 g/mol. The lowest BCUT2D eigenvalue weighted by molar-refractivity contribution is 0.226. The smallest absolute Gasteiger partial charge is 0.179 e. The lowest BCUT2D eigenvalue weighted by atomic mass is 9.74. The Balaban J connectivity index is 1.73. The van der Waals surface area contributed by atoms with E-state index in [4.69, 9.17) is 5.26 Å². The Kier molecular flexibility index (Phi) is 3.23. The lowest BCUT2D eigenvalue weighted by Crippen LogP contribution is -2.43. The fourth-order valence-electron chi connectivity index (χ4n) is 3.94. The summed E-state index contributed by atoms with van der Waals surface area (Å²) in [4.78, 5) is 4.13. The van der Waals surface area contributed by atoms with Crippen molar-refractivity contribution < 1.29 is 4.39 Å². The fourth-order valence-corrected chi connectivity index (χ4v) is 3.94. The van der Waals surface area contributed by atoms with Gasteiger partial charge in [0.2, 0.25) is 0 Å². The number of halogens is 1. The predicted octanol–water partition coefficient (Wildman–Crippen LogP) is 3.79. The van der Waals surface area contributed by atoms with Gasteiger partial charge in [0.05, 0.1) is 0 Å². The maximum atomic E-state index is 13.2. The van der Waals surface area contributed by atoms with E-state index in [0.717, 1.165) is 38.2 Å². The molecule has 0 radical (unpaired) electrons. The molecule has 2 aliphatic heterocycles. The van der Waals surface area contributed by atoms with Gasteiger partial charge in [-0.25, -0.2) is 4.39 Å². The third kappa shape index (κ3) is 2.24. The van der Waals surface area contributed by atoms with Gasteiger partial charge in [0.25, 0.3) is 0 Å². The van der Waals surface area contributed by atoms with Crippen LogP contribution in [0, 0.1) is 17.3 Å². The molecular formula is C19H18FN3. The van der Waals surface area contributed by atoms with Gasteiger partial charge in [-0.1, -0.05) is 18.2 Å². The first-order valence-electron chi connectivity index (χ1n) is 7.99. The minimum Gasteiger partial charge on any atom is -0.340 e. The molecule has 0 aromatic heterocycles. The average molecular weight is 307 g/mol. The van der Waals surface area contributed by atoms with Gasteiger partial charge in [0.15, 0.2) is 6.19 Å². The Morgan fingerprint density at radius 2 is 1.70 bits per heavy atom. The van der Waals surface area contributed by atoms with Crippen molar-refractivity contribution in [2.24, 2.45) is 0 Å². The summed E-state index contributed by atoms with van der Waals surface area (Å²) < 4.78 is 13.2. The van der Waals surface area contributed by atoms with Crippen LogP contribution in [0.25, 0.3) is 0 Å². The van der Waals surface area contributed by atoms with Gasteiger partial charge in [0, 0.05) is 36.4 Å². The van der Waals surface area contributed by atoms with Gasteiger partial charge in [0.1, 0.15) is 5.82 Å². The van der Waals surface area contributed by atoms with Gasteiger partial charge in [-0.05, 0) is 48.7 Å². The fraction of sp³-hybridized carbons (Fsp3) is 0.316. The van der Waals surface area contributed by atoms with E-state index in [2.05, 4.69) is 35.4 Å². The zero-order valence-electron chi connectivity index (χ0n) is 12.9. The highest BCUT2D eigenvalue weighted by molar-refractivity contribution is 5.72. The second-order valence-electron chi connectivity index (χ2n) is 6.45. The number of piperidine rings is 1. The molecule has 1 spiro atoms. The van der Waals surface area contributed by atoms with Crippen molar-refractivity contribution >= 4 is 11.4 Å². The zero-order chi connectivity index (χ0) is 15.9. The molecule has 3 nitrogen and oxygen atoms in total. The largest absolute Gasteiger partial charge is 0.340 e. The Hall–Kier alpha value is -2.54. The van der Waals surface area contributed by atoms with E-state index in [1.165, 1.54) is 23.4 Å². The molecule has 0 aliphatic carbocycles. The highest BCUT2D eigenvalue weighted by Crippen LogP contribution is 2.49. The highest BCUT2D eigenvalue weighted by atomic mass is 19.1. The summed E-state index contributed by atoms with van der Waals surface area (Å²) >= 11 is 0. The molecule has 0 bridgehead atoms. The molecule has 0 unspecified atom stereocenters. The molecule has 0 atom stereocenters. The number of hydrogen-bond acceptors (Lipinski definition) is 3. The standard InChI is InChI=1S/C19H18FN3/c20-15-5-7-16(8-6-15)23-13-19(9-11-22(14-21)12-10-19)17-3-1-2-4-18(17)23/h1-8H,9-13H2. The number of benzene rings is 2. The summed E-state index contributed by atoms with van der Waals surface area (Å²) in [5.41, 5.74) is 3.70. The normalized spacial score (nSPS) is 18.8. The van der Waals surface area contributed by atoms with Crippen molar-refractivity contribution in [3.05, 3.63) is 59.9 Å². The van der Waals surface area contributed by atoms with Crippen LogP contribution in [-0.2, 0) is 5.41 Å². The average Bonchev–Trinajstić information content (AvgIpc) is 2.91. The SMILES string of the molecule is N#CN1CCC2(CC1)CN(c1ccc(F)cc1)c1ccccc12. The number of hydrogen-bond donors (Lipinski definition) is 0. The summed E-state index contributed by atoms with van der Waals surface area (Å²) in [7, 11) is 0. The highest BCUT2D eigenvalue weighted by Gasteiger charge is 2.44. The number of para-hydroxylation sites is 1. The van der Waals surface area contributed by atoms with E-state index in [1.54, 1.807) is 0 Å². The summed E-state index contributed by atoms with van der Waals surface area (Å²) in [6, 6.07) is 15.2. The Labute approximate surface area is 135 Å². The van der Waals surface area contributed by atoms with E-state index in [0.29, 0.717) is 0 Å². The molecule has 4 rings (SSSR count). The van der Waals surface area contributed by atoms with Gasteiger partial charge in [-0.2, -0.15) is 5.26 Å². The zero-order valence-corrected chi connectivity index (χ0v) is 12.9. The van der Waals surface area contributed by atoms with E-state index >= 15 is 0 Å². The number of rotatable bonds is 1. The first-order valence-corrected chi connectivity index (χ1v) is 7.99. The van der Waals surface area contributed by atoms with Crippen LogP contribution in [0.3, 0.4) is 0 Å². The molecule has 2 aromatic carbocycles. The van der Waals surface area contributed by atoms with Gasteiger partial charge >= 0.3 is 0 Å². The van der Waals surface area contributed by atoms with Crippen molar-refractivity contribution in [2.75, 3.05) is 24.5 Å². The molecule has 2 heterocycles. The molecule has 4 heteroatoms. The number of likely N-dealkylation sites (tertiary alicyclic amines) is 1. The molecule has 1 saturated heterocycles. The summed E-state index contributed by atoms with van der Waals surface area (Å²) in [6.45, 7) is 2.52. The van der Waals surface area contributed by atoms with Crippen LogP contribution >= 0.6 is 0 Å². The van der Waals surface area contributed by atoms with Crippen LogP contribution in [0.1, 0.15) is 18.4 Å². The van der Waals surface area contributed by atoms with Crippen LogP contribution in [0.4, 0.5) is 15.8 Å². The van der Waals surface area contributed by atoms with Crippen LogP contribution in [0.15, 0.2) is 48.5 Å².